The van der Waals surface area contributed by atoms with E-state index in [1.165, 1.54) is 12.1 Å². The van der Waals surface area contributed by atoms with Crippen LogP contribution in [0.5, 0.6) is 0 Å². The number of rotatable bonds is 12. The summed E-state index contributed by atoms with van der Waals surface area (Å²) in [7, 11) is -4.14. The number of Topliss-reactive ketones (excluding diaryl/α,β-unsaturated/α-hetero) is 1. The molecule has 0 aliphatic rings. The molecule has 47 heavy (non-hydrogen) atoms. The molecule has 4 aromatic carbocycles. The van der Waals surface area contributed by atoms with Crippen LogP contribution >= 0.6 is 23.2 Å². The number of benzene rings is 4. The first-order chi connectivity index (χ1) is 22.1. The molecule has 0 aliphatic carbocycles. The molecular formula is C37H36Cl2FNO5S. The molecule has 0 heterocycles. The predicted octanol–water partition coefficient (Wildman–Crippen LogP) is 9.67. The van der Waals surface area contributed by atoms with Crippen molar-refractivity contribution in [2.75, 3.05) is 11.1 Å². The highest BCUT2D eigenvalue weighted by Gasteiger charge is 2.23. The average molecular weight is 697 g/mol. The standard InChI is InChI=1S/C37H36Cl2FNO5S/c1-37(2,3)19-18-24-6-10-26(11-7-24)31(21-25-8-12-27(13-9-25)35(42)5-4-20-47(44,45)46)36(43)41-34-22-28(14-17-33(34)40)30-16-15-29(38)23-32(30)39/h6-19,22-23,31H,4-5,20-21H2,1-3H3,(H,41,43)(H,44,45,46)/b19-18+. The SMILES string of the molecule is CC(C)(C)/C=C/c1ccc(C(Cc2ccc(C(=O)CCCS(=O)(=O)O)cc2)C(=O)Nc2cc(-c3ccc(Cl)cc3Cl)ccc2F)cc1. The third kappa shape index (κ3) is 10.9. The second kappa shape index (κ2) is 15.4. The molecule has 0 bridgehead atoms. The van der Waals surface area contributed by atoms with Gasteiger partial charge in [-0.25, -0.2) is 4.39 Å². The molecule has 0 fully saturated rings. The predicted molar refractivity (Wildman–Crippen MR) is 188 cm³/mol. The van der Waals surface area contributed by atoms with Crippen molar-refractivity contribution in [1.82, 2.24) is 0 Å². The Hall–Kier alpha value is -3.82. The van der Waals surface area contributed by atoms with E-state index >= 15 is 4.39 Å². The van der Waals surface area contributed by atoms with Gasteiger partial charge in [-0.2, -0.15) is 8.42 Å². The minimum atomic E-state index is -4.14. The van der Waals surface area contributed by atoms with Gasteiger partial charge in [-0.05, 0) is 64.8 Å². The van der Waals surface area contributed by atoms with Crippen molar-refractivity contribution >= 4 is 56.8 Å². The first-order valence-electron chi connectivity index (χ1n) is 15.0. The number of carbonyl (C=O) groups is 2. The first-order valence-corrected chi connectivity index (χ1v) is 17.4. The Kier molecular flexibility index (Phi) is 11.8. The summed E-state index contributed by atoms with van der Waals surface area (Å²) in [6, 6.07) is 23.7. The molecule has 246 valence electrons. The number of hydrogen-bond acceptors (Lipinski definition) is 4. The molecule has 0 spiro atoms. The highest BCUT2D eigenvalue weighted by Crippen LogP contribution is 2.33. The number of ketones is 1. The van der Waals surface area contributed by atoms with Crippen LogP contribution in [0.4, 0.5) is 10.1 Å². The van der Waals surface area contributed by atoms with Gasteiger partial charge < -0.3 is 5.32 Å². The van der Waals surface area contributed by atoms with Gasteiger partial charge in [0.15, 0.2) is 5.78 Å². The molecule has 0 saturated heterocycles. The smallest absolute Gasteiger partial charge is 0.264 e. The topological polar surface area (TPSA) is 101 Å². The molecule has 0 aromatic heterocycles. The van der Waals surface area contributed by atoms with Gasteiger partial charge >= 0.3 is 0 Å². The Morgan fingerprint density at radius 1 is 0.936 bits per heavy atom. The Balaban J connectivity index is 1.60. The van der Waals surface area contributed by atoms with E-state index in [0.717, 1.165) is 16.7 Å². The lowest BCUT2D eigenvalue weighted by molar-refractivity contribution is -0.117. The summed E-state index contributed by atoms with van der Waals surface area (Å²) in [5.74, 6) is -2.50. The second-order valence-electron chi connectivity index (χ2n) is 12.4. The lowest BCUT2D eigenvalue weighted by Gasteiger charge is -2.19. The van der Waals surface area contributed by atoms with E-state index in [0.29, 0.717) is 26.7 Å². The summed E-state index contributed by atoms with van der Waals surface area (Å²) in [4.78, 5) is 26.4. The van der Waals surface area contributed by atoms with E-state index < -0.39 is 33.5 Å². The highest BCUT2D eigenvalue weighted by molar-refractivity contribution is 7.85. The third-order valence-electron chi connectivity index (χ3n) is 7.42. The van der Waals surface area contributed by atoms with E-state index in [9.17, 15) is 18.0 Å². The summed E-state index contributed by atoms with van der Waals surface area (Å²) in [5, 5.41) is 3.63. The van der Waals surface area contributed by atoms with Crippen LogP contribution in [0.1, 0.15) is 66.6 Å². The molecule has 6 nitrogen and oxygen atoms in total. The van der Waals surface area contributed by atoms with Crippen LogP contribution in [0.2, 0.25) is 10.0 Å². The van der Waals surface area contributed by atoms with Gasteiger partial charge in [0.25, 0.3) is 10.1 Å². The zero-order valence-electron chi connectivity index (χ0n) is 26.3. The largest absolute Gasteiger partial charge is 0.323 e. The van der Waals surface area contributed by atoms with Crippen LogP contribution in [0.25, 0.3) is 17.2 Å². The fourth-order valence-electron chi connectivity index (χ4n) is 4.90. The summed E-state index contributed by atoms with van der Waals surface area (Å²) in [5.41, 5.74) is 4.08. The highest BCUT2D eigenvalue weighted by atomic mass is 35.5. The molecule has 1 atom stereocenters. The molecule has 0 saturated carbocycles. The van der Waals surface area contributed by atoms with Crippen molar-refractivity contribution < 1.29 is 27.0 Å². The number of amides is 1. The summed E-state index contributed by atoms with van der Waals surface area (Å²) < 4.78 is 45.9. The lowest BCUT2D eigenvalue weighted by atomic mass is 9.89. The van der Waals surface area contributed by atoms with E-state index in [1.54, 1.807) is 48.5 Å². The van der Waals surface area contributed by atoms with E-state index in [4.69, 9.17) is 27.8 Å². The maximum Gasteiger partial charge on any atom is 0.264 e. The van der Waals surface area contributed by atoms with Crippen LogP contribution in [0.3, 0.4) is 0 Å². The van der Waals surface area contributed by atoms with Crippen LogP contribution in [-0.4, -0.2) is 30.4 Å². The lowest BCUT2D eigenvalue weighted by Crippen LogP contribution is -2.23. The normalized spacial score (nSPS) is 12.7. The zero-order chi connectivity index (χ0) is 34.4. The van der Waals surface area contributed by atoms with Gasteiger partial charge in [-0.1, -0.05) is 117 Å². The summed E-state index contributed by atoms with van der Waals surface area (Å²) in [6.07, 6.45) is 4.34. The minimum Gasteiger partial charge on any atom is -0.323 e. The van der Waals surface area contributed by atoms with Crippen molar-refractivity contribution in [3.05, 3.63) is 129 Å². The monoisotopic (exact) mass is 695 g/mol. The molecule has 4 aromatic rings. The second-order valence-corrected chi connectivity index (χ2v) is 14.9. The van der Waals surface area contributed by atoms with Gasteiger partial charge in [0.1, 0.15) is 5.82 Å². The van der Waals surface area contributed by atoms with Crippen LogP contribution in [0, 0.1) is 11.2 Å². The molecule has 2 N–H and O–H groups in total. The Morgan fingerprint density at radius 3 is 2.23 bits per heavy atom. The van der Waals surface area contributed by atoms with Gasteiger partial charge in [0.2, 0.25) is 5.91 Å². The molecule has 1 unspecified atom stereocenters. The maximum atomic E-state index is 15.1. The molecule has 10 heteroatoms. The van der Waals surface area contributed by atoms with Gasteiger partial charge in [0.05, 0.1) is 17.4 Å². The minimum absolute atomic E-state index is 0.0000227. The fourth-order valence-corrected chi connectivity index (χ4v) is 5.93. The maximum absolute atomic E-state index is 15.1. The van der Waals surface area contributed by atoms with Crippen molar-refractivity contribution in [3.8, 4) is 11.1 Å². The number of allylic oxidation sites excluding steroid dienone is 1. The first kappa shape index (κ1) is 36.0. The summed E-state index contributed by atoms with van der Waals surface area (Å²) in [6.45, 7) is 6.31. The molecule has 4 rings (SSSR count). The van der Waals surface area contributed by atoms with Gasteiger partial charge in [0, 0.05) is 27.6 Å². The number of halogens is 3. The van der Waals surface area contributed by atoms with E-state index in [-0.39, 0.29) is 36.1 Å². The number of nitrogens with one attached hydrogen (secondary N) is 1. The Bertz CT molecular complexity index is 1880. The van der Waals surface area contributed by atoms with Crippen LogP contribution < -0.4 is 5.32 Å². The third-order valence-corrected chi connectivity index (χ3v) is 8.77. The quantitative estimate of drug-likeness (QED) is 0.114. The van der Waals surface area contributed by atoms with Crippen LogP contribution in [-0.2, 0) is 21.3 Å². The Labute approximate surface area is 285 Å². The average Bonchev–Trinajstić information content (AvgIpc) is 2.99. The zero-order valence-corrected chi connectivity index (χ0v) is 28.6. The number of carbonyl (C=O) groups excluding carboxylic acids is 2. The number of hydrogen-bond donors (Lipinski definition) is 2. The van der Waals surface area contributed by atoms with E-state index in [2.05, 4.69) is 32.2 Å². The van der Waals surface area contributed by atoms with E-state index in [1.807, 2.05) is 30.3 Å². The van der Waals surface area contributed by atoms with Crippen molar-refractivity contribution in [2.24, 2.45) is 5.41 Å². The number of anilines is 1. The molecule has 0 aliphatic heterocycles. The van der Waals surface area contributed by atoms with Gasteiger partial charge in [-0.15, -0.1) is 0 Å². The molecular weight excluding hydrogens is 660 g/mol. The van der Waals surface area contributed by atoms with Crippen molar-refractivity contribution in [1.29, 1.82) is 0 Å². The van der Waals surface area contributed by atoms with Crippen molar-refractivity contribution in [3.63, 3.8) is 0 Å². The fraction of sp³-hybridized carbons (Fsp3) is 0.243. The van der Waals surface area contributed by atoms with Gasteiger partial charge in [-0.3, -0.25) is 14.1 Å². The molecule has 1 amide bonds. The Morgan fingerprint density at radius 2 is 1.62 bits per heavy atom. The summed E-state index contributed by atoms with van der Waals surface area (Å²) >= 11 is 12.4. The van der Waals surface area contributed by atoms with Crippen LogP contribution in [0.15, 0.2) is 91.0 Å². The van der Waals surface area contributed by atoms with Crippen molar-refractivity contribution in [2.45, 2.75) is 46.0 Å². The molecule has 0 radical (unpaired) electrons.